The van der Waals surface area contributed by atoms with Crippen molar-refractivity contribution in [1.29, 1.82) is 0 Å². The normalized spacial score (nSPS) is 14.0. The predicted octanol–water partition coefficient (Wildman–Crippen LogP) is 21.1. The summed E-state index contributed by atoms with van der Waals surface area (Å²) >= 11 is 0. The van der Waals surface area contributed by atoms with Gasteiger partial charge in [-0.3, -0.25) is 37.3 Å². The fraction of sp³-hybridized carbons (Fsp3) is 0.944. The SMILES string of the molecule is CCCCCCCCCCCCCCCCCCCC(=O)O[C@H](COC(=O)CCCCCCCCCCCCCCC)COP(=O)(O)OC[C@@H](O)COP(=O)(O)OC[C@@H](COC(=O)CCCCCCCCCCCC)OC(=O)CCCCCCCCCCCCC. The van der Waals surface area contributed by atoms with Gasteiger partial charge >= 0.3 is 39.5 Å². The van der Waals surface area contributed by atoms with Crippen molar-refractivity contribution < 1.29 is 80.2 Å². The highest BCUT2D eigenvalue weighted by Gasteiger charge is 2.30. The Hall–Kier alpha value is -1.94. The van der Waals surface area contributed by atoms with Crippen molar-refractivity contribution in [3.05, 3.63) is 0 Å². The topological polar surface area (TPSA) is 237 Å². The van der Waals surface area contributed by atoms with Crippen molar-refractivity contribution in [3.8, 4) is 0 Å². The largest absolute Gasteiger partial charge is 0.472 e. The third-order valence-corrected chi connectivity index (χ3v) is 18.8. The molecule has 5 atom stereocenters. The van der Waals surface area contributed by atoms with Crippen LogP contribution in [0.5, 0.6) is 0 Å². The molecule has 0 bridgehead atoms. The number of phosphoric acid groups is 2. The Morgan fingerprint density at radius 2 is 0.440 bits per heavy atom. The Kier molecular flexibility index (Phi) is 65.2. The van der Waals surface area contributed by atoms with E-state index in [0.717, 1.165) is 89.9 Å². The van der Waals surface area contributed by atoms with Crippen molar-refractivity contribution in [2.45, 2.75) is 399 Å². The van der Waals surface area contributed by atoms with Crippen LogP contribution in [0.15, 0.2) is 0 Å². The first-order chi connectivity index (χ1) is 44.2. The Balaban J connectivity index is 5.23. The highest BCUT2D eigenvalue weighted by molar-refractivity contribution is 7.47. The van der Waals surface area contributed by atoms with Gasteiger partial charge in [0.1, 0.15) is 19.3 Å². The zero-order chi connectivity index (χ0) is 66.8. The van der Waals surface area contributed by atoms with E-state index in [-0.39, 0.29) is 25.7 Å². The van der Waals surface area contributed by atoms with Crippen molar-refractivity contribution in [1.82, 2.24) is 0 Å². The van der Waals surface area contributed by atoms with E-state index in [1.165, 1.54) is 212 Å². The van der Waals surface area contributed by atoms with E-state index in [2.05, 4.69) is 27.7 Å². The minimum absolute atomic E-state index is 0.108. The van der Waals surface area contributed by atoms with E-state index in [9.17, 15) is 43.2 Å². The quantitative estimate of drug-likeness (QED) is 0.0222. The third kappa shape index (κ3) is 66.5. The number of hydrogen-bond acceptors (Lipinski definition) is 15. The highest BCUT2D eigenvalue weighted by Crippen LogP contribution is 2.45. The van der Waals surface area contributed by atoms with Gasteiger partial charge in [0, 0.05) is 25.7 Å². The third-order valence-electron chi connectivity index (χ3n) is 16.9. The van der Waals surface area contributed by atoms with Crippen LogP contribution in [0, 0.1) is 0 Å². The van der Waals surface area contributed by atoms with Crippen molar-refractivity contribution in [3.63, 3.8) is 0 Å². The fourth-order valence-electron chi connectivity index (χ4n) is 11.0. The number of rotatable bonds is 73. The summed E-state index contributed by atoms with van der Waals surface area (Å²) in [6.07, 6.45) is 55.3. The molecule has 0 aliphatic rings. The lowest BCUT2D eigenvalue weighted by atomic mass is 10.0. The van der Waals surface area contributed by atoms with Crippen LogP contribution in [-0.2, 0) is 65.4 Å². The molecule has 0 fully saturated rings. The molecule has 540 valence electrons. The van der Waals surface area contributed by atoms with Crippen LogP contribution in [0.4, 0.5) is 0 Å². The summed E-state index contributed by atoms with van der Waals surface area (Å²) in [6, 6.07) is 0. The molecule has 0 amide bonds. The molecule has 19 heteroatoms. The smallest absolute Gasteiger partial charge is 0.462 e. The molecular weight excluding hydrogens is 1200 g/mol. The number of hydrogen-bond donors (Lipinski definition) is 3. The molecule has 0 saturated heterocycles. The average molecular weight is 1340 g/mol. The lowest BCUT2D eigenvalue weighted by Crippen LogP contribution is -2.30. The van der Waals surface area contributed by atoms with Crippen LogP contribution < -0.4 is 0 Å². The molecule has 0 aromatic rings. The number of carbonyl (C=O) groups is 4. The van der Waals surface area contributed by atoms with Crippen molar-refractivity contribution in [2.75, 3.05) is 39.6 Å². The first-order valence-electron chi connectivity index (χ1n) is 37.8. The molecule has 0 aromatic heterocycles. The summed E-state index contributed by atoms with van der Waals surface area (Å²) in [5.74, 6) is -2.12. The molecule has 0 rings (SSSR count). The summed E-state index contributed by atoms with van der Waals surface area (Å²) in [6.45, 7) is 4.96. The molecule has 0 radical (unpaired) electrons. The molecule has 0 saturated carbocycles. The number of ether oxygens (including phenoxy) is 4. The zero-order valence-electron chi connectivity index (χ0n) is 58.8. The van der Waals surface area contributed by atoms with Crippen LogP contribution >= 0.6 is 15.6 Å². The van der Waals surface area contributed by atoms with Gasteiger partial charge in [-0.05, 0) is 25.7 Å². The molecular formula is C72H140O17P2. The monoisotopic (exact) mass is 1340 g/mol. The number of aliphatic hydroxyl groups excluding tert-OH is 1. The van der Waals surface area contributed by atoms with E-state index in [1.54, 1.807) is 0 Å². The lowest BCUT2D eigenvalue weighted by Gasteiger charge is -2.21. The fourth-order valence-corrected chi connectivity index (χ4v) is 12.6. The van der Waals surface area contributed by atoms with E-state index in [4.69, 9.17) is 37.0 Å². The van der Waals surface area contributed by atoms with Gasteiger partial charge in [-0.1, -0.05) is 329 Å². The Labute approximate surface area is 556 Å². The van der Waals surface area contributed by atoms with Crippen molar-refractivity contribution >= 4 is 39.5 Å². The van der Waals surface area contributed by atoms with Crippen LogP contribution in [0.2, 0.25) is 0 Å². The van der Waals surface area contributed by atoms with Crippen LogP contribution in [0.3, 0.4) is 0 Å². The highest BCUT2D eigenvalue weighted by atomic mass is 31.2. The van der Waals surface area contributed by atoms with Gasteiger partial charge < -0.3 is 33.8 Å². The summed E-state index contributed by atoms with van der Waals surface area (Å²) in [5.41, 5.74) is 0. The van der Waals surface area contributed by atoms with Gasteiger partial charge in [-0.2, -0.15) is 0 Å². The van der Waals surface area contributed by atoms with Crippen LogP contribution in [-0.4, -0.2) is 96.7 Å². The van der Waals surface area contributed by atoms with Crippen LogP contribution in [0.1, 0.15) is 381 Å². The number of aliphatic hydroxyl groups is 1. The predicted molar refractivity (Wildman–Crippen MR) is 368 cm³/mol. The number of esters is 4. The summed E-state index contributed by atoms with van der Waals surface area (Å²) in [4.78, 5) is 72.6. The average Bonchev–Trinajstić information content (AvgIpc) is 3.74. The molecule has 0 spiro atoms. The zero-order valence-corrected chi connectivity index (χ0v) is 60.6. The molecule has 0 heterocycles. The second kappa shape index (κ2) is 66.7. The Morgan fingerprint density at radius 3 is 0.648 bits per heavy atom. The van der Waals surface area contributed by atoms with Crippen LogP contribution in [0.25, 0.3) is 0 Å². The van der Waals surface area contributed by atoms with Gasteiger partial charge in [-0.15, -0.1) is 0 Å². The first kappa shape index (κ1) is 89.1. The second-order valence-corrected chi connectivity index (χ2v) is 28.9. The van der Waals surface area contributed by atoms with E-state index >= 15 is 0 Å². The van der Waals surface area contributed by atoms with Gasteiger partial charge in [-0.25, -0.2) is 9.13 Å². The lowest BCUT2D eigenvalue weighted by molar-refractivity contribution is -0.161. The number of carbonyl (C=O) groups excluding carboxylic acids is 4. The van der Waals surface area contributed by atoms with Gasteiger partial charge in [0.2, 0.25) is 0 Å². The van der Waals surface area contributed by atoms with Gasteiger partial charge in [0.25, 0.3) is 0 Å². The van der Waals surface area contributed by atoms with Crippen molar-refractivity contribution in [2.24, 2.45) is 0 Å². The molecule has 0 aliphatic carbocycles. The molecule has 0 aromatic carbocycles. The van der Waals surface area contributed by atoms with E-state index < -0.39 is 97.5 Å². The maximum absolute atomic E-state index is 13.0. The maximum atomic E-state index is 13.0. The number of phosphoric ester groups is 2. The number of unbranched alkanes of at least 4 members (excludes halogenated alkanes) is 47. The van der Waals surface area contributed by atoms with E-state index in [0.29, 0.717) is 25.7 Å². The Bertz CT molecular complexity index is 1740. The van der Waals surface area contributed by atoms with E-state index in [1.807, 2.05) is 0 Å². The summed E-state index contributed by atoms with van der Waals surface area (Å²) in [5, 5.41) is 10.6. The molecule has 91 heavy (non-hydrogen) atoms. The molecule has 0 aliphatic heterocycles. The second-order valence-electron chi connectivity index (χ2n) is 26.0. The van der Waals surface area contributed by atoms with Gasteiger partial charge in [0.05, 0.1) is 26.4 Å². The molecule has 2 unspecified atom stereocenters. The van der Waals surface area contributed by atoms with Gasteiger partial charge in [0.15, 0.2) is 12.2 Å². The summed E-state index contributed by atoms with van der Waals surface area (Å²) < 4.78 is 68.3. The first-order valence-corrected chi connectivity index (χ1v) is 40.8. The Morgan fingerprint density at radius 1 is 0.264 bits per heavy atom. The molecule has 3 N–H and O–H groups in total. The minimum atomic E-state index is -4.95. The minimum Gasteiger partial charge on any atom is -0.462 e. The summed E-state index contributed by atoms with van der Waals surface area (Å²) in [7, 11) is -9.90. The molecule has 17 nitrogen and oxygen atoms in total. The maximum Gasteiger partial charge on any atom is 0.472 e. The standard InChI is InChI=1S/C72H140O17P2/c1-5-9-13-17-21-25-29-31-32-33-34-36-39-43-47-51-55-59-72(77)89-68(63-83-70(75)57-53-49-45-41-38-35-30-26-22-18-14-10-6-2)65-87-91(80,81)85-61-66(73)60-84-90(78,79)86-64-67(62-82-69(74)56-52-48-44-40-28-24-20-16-12-8-4)88-71(76)58-54-50-46-42-37-27-23-19-15-11-7-3/h66-68,73H,5-65H2,1-4H3,(H,78,79)(H,80,81)/t66-,67+,68+/m0/s1.